The third-order valence-corrected chi connectivity index (χ3v) is 6.84. The van der Waals surface area contributed by atoms with Crippen molar-refractivity contribution in [3.8, 4) is 11.8 Å². The molecule has 4 rings (SSSR count). The van der Waals surface area contributed by atoms with Gasteiger partial charge >= 0.3 is 0 Å². The smallest absolute Gasteiger partial charge is 0.264 e. The molecule has 3 aromatic rings. The number of rotatable bonds is 5. The quantitative estimate of drug-likeness (QED) is 0.562. The predicted octanol–water partition coefficient (Wildman–Crippen LogP) is 5.14. The number of para-hydroxylation sites is 1. The number of sulfonamides is 1. The monoisotopic (exact) mass is 430 g/mol. The minimum Gasteiger partial charge on any atom is -0.483 e. The molecular weight excluding hydrogens is 408 g/mol. The van der Waals surface area contributed by atoms with E-state index < -0.39 is 10.0 Å². The number of nitriles is 1. The fraction of sp³-hybridized carbons (Fsp3) is 0.160. The zero-order chi connectivity index (χ0) is 22.1. The Hall–Kier alpha value is -3.56. The van der Waals surface area contributed by atoms with Gasteiger partial charge in [-0.05, 0) is 74.0 Å². The average molecular weight is 431 g/mol. The first kappa shape index (κ1) is 20.7. The molecule has 0 amide bonds. The zero-order valence-corrected chi connectivity index (χ0v) is 18.1. The van der Waals surface area contributed by atoms with Gasteiger partial charge in [0.25, 0.3) is 10.0 Å². The summed E-state index contributed by atoms with van der Waals surface area (Å²) in [5.41, 5.74) is 2.37. The Bertz CT molecular complexity index is 1270. The van der Waals surface area contributed by atoms with E-state index in [9.17, 15) is 8.42 Å². The van der Waals surface area contributed by atoms with Crippen LogP contribution in [0.2, 0.25) is 0 Å². The van der Waals surface area contributed by atoms with Gasteiger partial charge in [0.2, 0.25) is 0 Å². The summed E-state index contributed by atoms with van der Waals surface area (Å²) in [5.74, 6) is 0.775. The van der Waals surface area contributed by atoms with Crippen molar-refractivity contribution in [2.75, 3.05) is 4.31 Å². The maximum Gasteiger partial charge on any atom is 0.264 e. The summed E-state index contributed by atoms with van der Waals surface area (Å²) in [4.78, 5) is 0.137. The van der Waals surface area contributed by atoms with Crippen LogP contribution in [0.4, 0.5) is 5.69 Å². The highest BCUT2D eigenvalue weighted by Crippen LogP contribution is 2.33. The lowest BCUT2D eigenvalue weighted by Crippen LogP contribution is -2.31. The van der Waals surface area contributed by atoms with E-state index in [2.05, 4.69) is 0 Å². The lowest BCUT2D eigenvalue weighted by Gasteiger charge is -2.29. The van der Waals surface area contributed by atoms with Gasteiger partial charge in [-0.15, -0.1) is 0 Å². The molecule has 0 spiro atoms. The second kappa shape index (κ2) is 7.93. The van der Waals surface area contributed by atoms with Crippen molar-refractivity contribution in [2.24, 2.45) is 0 Å². The van der Waals surface area contributed by atoms with E-state index >= 15 is 0 Å². The summed E-state index contributed by atoms with van der Waals surface area (Å²) in [6.45, 7) is 4.14. The molecule has 0 bridgehead atoms. The van der Waals surface area contributed by atoms with Crippen molar-refractivity contribution in [3.05, 3.63) is 95.6 Å². The van der Waals surface area contributed by atoms with Gasteiger partial charge in [-0.2, -0.15) is 5.26 Å². The summed E-state index contributed by atoms with van der Waals surface area (Å²) < 4.78 is 34.4. The summed E-state index contributed by atoms with van der Waals surface area (Å²) in [6, 6.07) is 22.7. The molecule has 6 heteroatoms. The molecule has 0 saturated carbocycles. The second-order valence-corrected chi connectivity index (χ2v) is 9.76. The lowest BCUT2D eigenvalue weighted by molar-refractivity contribution is 0.159. The van der Waals surface area contributed by atoms with E-state index in [4.69, 9.17) is 10.00 Å². The summed E-state index contributed by atoms with van der Waals surface area (Å²) in [7, 11) is -3.84. The highest BCUT2D eigenvalue weighted by molar-refractivity contribution is 7.92. The van der Waals surface area contributed by atoms with E-state index in [1.807, 2.05) is 68.5 Å². The first-order valence-electron chi connectivity index (χ1n) is 9.88. The normalized spacial score (nSPS) is 14.2. The molecule has 0 radical (unpaired) electrons. The van der Waals surface area contributed by atoms with E-state index in [1.54, 1.807) is 12.1 Å². The van der Waals surface area contributed by atoms with E-state index in [1.165, 1.54) is 28.6 Å². The fourth-order valence-electron chi connectivity index (χ4n) is 3.43. The Kier molecular flexibility index (Phi) is 5.30. The molecule has 0 fully saturated rings. The topological polar surface area (TPSA) is 70.4 Å². The van der Waals surface area contributed by atoms with Crippen LogP contribution in [0.15, 0.2) is 83.8 Å². The van der Waals surface area contributed by atoms with Crippen LogP contribution in [-0.4, -0.2) is 14.0 Å². The van der Waals surface area contributed by atoms with Gasteiger partial charge in [-0.3, -0.25) is 4.31 Å². The maximum absolute atomic E-state index is 13.5. The molecule has 0 aromatic heterocycles. The third-order valence-electron chi connectivity index (χ3n) is 5.05. The number of hydrogen-bond acceptors (Lipinski definition) is 4. The van der Waals surface area contributed by atoms with Gasteiger partial charge in [0.05, 0.1) is 28.8 Å². The predicted molar refractivity (Wildman–Crippen MR) is 121 cm³/mol. The highest BCUT2D eigenvalue weighted by Gasteiger charge is 2.26. The van der Waals surface area contributed by atoms with E-state index in [0.29, 0.717) is 11.3 Å². The van der Waals surface area contributed by atoms with E-state index in [0.717, 1.165) is 16.9 Å². The fourth-order valence-corrected chi connectivity index (χ4v) is 4.88. The van der Waals surface area contributed by atoms with Crippen LogP contribution in [0.3, 0.4) is 0 Å². The number of ether oxygens (including phenoxy) is 1. The molecule has 1 heterocycles. The summed E-state index contributed by atoms with van der Waals surface area (Å²) in [6.07, 6.45) is 3.99. The largest absolute Gasteiger partial charge is 0.483 e. The number of benzene rings is 3. The van der Waals surface area contributed by atoms with Crippen molar-refractivity contribution >= 4 is 21.8 Å². The molecule has 156 valence electrons. The van der Waals surface area contributed by atoms with Crippen molar-refractivity contribution in [1.82, 2.24) is 0 Å². The summed E-state index contributed by atoms with van der Waals surface area (Å²) in [5, 5.41) is 9.02. The minimum absolute atomic E-state index is 0.137. The van der Waals surface area contributed by atoms with Gasteiger partial charge < -0.3 is 4.74 Å². The zero-order valence-electron chi connectivity index (χ0n) is 17.3. The van der Waals surface area contributed by atoms with Crippen molar-refractivity contribution < 1.29 is 13.2 Å². The molecular formula is C25H22N2O3S. The molecule has 1 aliphatic heterocycles. The molecule has 1 aliphatic rings. The maximum atomic E-state index is 13.5. The standard InChI is InChI=1S/C25H22N2O3S/c1-25(2)15-14-21-16-20(10-13-24(21)30-25)18-27(22-6-4-3-5-7-22)31(28,29)23-11-8-19(17-26)9-12-23/h3-16H,18H2,1-2H3. The van der Waals surface area contributed by atoms with Crippen LogP contribution >= 0.6 is 0 Å². The van der Waals surface area contributed by atoms with Gasteiger partial charge in [0.15, 0.2) is 0 Å². The average Bonchev–Trinajstić information content (AvgIpc) is 2.77. The van der Waals surface area contributed by atoms with Gasteiger partial charge in [-0.1, -0.05) is 30.3 Å². The highest BCUT2D eigenvalue weighted by atomic mass is 32.2. The third kappa shape index (κ3) is 4.32. The Labute approximate surface area is 182 Å². The molecule has 0 atom stereocenters. The number of nitrogens with zero attached hydrogens (tertiary/aromatic N) is 2. The molecule has 31 heavy (non-hydrogen) atoms. The van der Waals surface area contributed by atoms with Crippen molar-refractivity contribution in [1.29, 1.82) is 5.26 Å². The molecule has 5 nitrogen and oxygen atoms in total. The minimum atomic E-state index is -3.84. The SMILES string of the molecule is CC1(C)C=Cc2cc(CN(c3ccccc3)S(=O)(=O)c3ccc(C#N)cc3)ccc2O1. The van der Waals surface area contributed by atoms with Crippen LogP contribution in [0.25, 0.3) is 6.08 Å². The molecule has 0 aliphatic carbocycles. The number of fused-ring (bicyclic) bond motifs is 1. The lowest BCUT2D eigenvalue weighted by atomic mass is 10.0. The Morgan fingerprint density at radius 1 is 1.00 bits per heavy atom. The second-order valence-electron chi connectivity index (χ2n) is 7.89. The van der Waals surface area contributed by atoms with Gasteiger partial charge in [0, 0.05) is 5.56 Å². The van der Waals surface area contributed by atoms with Gasteiger partial charge in [-0.25, -0.2) is 8.42 Å². The number of anilines is 1. The van der Waals surface area contributed by atoms with Crippen LogP contribution in [-0.2, 0) is 16.6 Å². The summed E-state index contributed by atoms with van der Waals surface area (Å²) >= 11 is 0. The Morgan fingerprint density at radius 3 is 2.39 bits per heavy atom. The Balaban J connectivity index is 1.72. The molecule has 0 N–H and O–H groups in total. The molecule has 0 saturated heterocycles. The first-order chi connectivity index (χ1) is 14.8. The van der Waals surface area contributed by atoms with Crippen LogP contribution in [0, 0.1) is 11.3 Å². The van der Waals surface area contributed by atoms with Crippen molar-refractivity contribution in [3.63, 3.8) is 0 Å². The first-order valence-corrected chi connectivity index (χ1v) is 11.3. The van der Waals surface area contributed by atoms with Crippen molar-refractivity contribution in [2.45, 2.75) is 30.9 Å². The Morgan fingerprint density at radius 2 is 1.71 bits per heavy atom. The van der Waals surface area contributed by atoms with Gasteiger partial charge in [0.1, 0.15) is 11.4 Å². The van der Waals surface area contributed by atoms with Crippen LogP contribution in [0.5, 0.6) is 5.75 Å². The van der Waals surface area contributed by atoms with Crippen LogP contribution < -0.4 is 9.04 Å². The van der Waals surface area contributed by atoms with E-state index in [-0.39, 0.29) is 17.0 Å². The van der Waals surface area contributed by atoms with Crippen LogP contribution in [0.1, 0.15) is 30.5 Å². The molecule has 3 aromatic carbocycles. The molecule has 0 unspecified atom stereocenters. The number of hydrogen-bond donors (Lipinski definition) is 0.